The molecule has 4 amide bonds. The fourth-order valence-electron chi connectivity index (χ4n) is 2.92. The number of hydrogen-bond acceptors (Lipinski definition) is 4. The van der Waals surface area contributed by atoms with Gasteiger partial charge in [-0.05, 0) is 24.6 Å². The number of quaternary nitrogens is 1. The fraction of sp³-hybridized carbons (Fsp3) is 0.278. The van der Waals surface area contributed by atoms with E-state index in [1.165, 1.54) is 0 Å². The molecule has 0 radical (unpaired) electrons. The molecule has 1 aromatic heterocycles. The minimum atomic E-state index is -1.21. The van der Waals surface area contributed by atoms with Gasteiger partial charge < -0.3 is 14.6 Å². The summed E-state index contributed by atoms with van der Waals surface area (Å²) in [5.41, 5.74) is 1.83. The minimum absolute atomic E-state index is 0.0831. The average Bonchev–Trinajstić information content (AvgIpc) is 3.18. The van der Waals surface area contributed by atoms with Crippen LogP contribution in [0.2, 0.25) is 0 Å². The Balaban J connectivity index is 1.63. The van der Waals surface area contributed by atoms with Crippen LogP contribution in [0.5, 0.6) is 0 Å². The Morgan fingerprint density at radius 2 is 1.96 bits per heavy atom. The molecule has 1 aliphatic rings. The van der Waals surface area contributed by atoms with Gasteiger partial charge >= 0.3 is 6.03 Å². The van der Waals surface area contributed by atoms with E-state index >= 15 is 0 Å². The number of hydrogen-bond donors (Lipinski definition) is 3. The van der Waals surface area contributed by atoms with E-state index < -0.39 is 23.4 Å². The van der Waals surface area contributed by atoms with Crippen molar-refractivity contribution in [3.8, 4) is 0 Å². The van der Waals surface area contributed by atoms with Crippen molar-refractivity contribution in [3.05, 3.63) is 60.1 Å². The van der Waals surface area contributed by atoms with Crippen LogP contribution in [0.4, 0.5) is 4.79 Å². The van der Waals surface area contributed by atoms with Crippen molar-refractivity contribution in [1.29, 1.82) is 0 Å². The molecule has 0 bridgehead atoms. The first-order valence-corrected chi connectivity index (χ1v) is 8.25. The third kappa shape index (κ3) is 3.45. The molecule has 136 valence electrons. The molecule has 3 rings (SSSR count). The highest BCUT2D eigenvalue weighted by Crippen LogP contribution is 2.27. The molecule has 3 N–H and O–H groups in total. The number of rotatable bonds is 6. The van der Waals surface area contributed by atoms with Crippen LogP contribution in [-0.2, 0) is 21.7 Å². The normalized spacial score (nSPS) is 20.8. The summed E-state index contributed by atoms with van der Waals surface area (Å²) in [4.78, 5) is 38.0. The second-order valence-corrected chi connectivity index (χ2v) is 6.49. The number of carbonyl (C=O) groups excluding carboxylic acids is 3. The summed E-state index contributed by atoms with van der Waals surface area (Å²) in [6.07, 6.45) is 1.57. The molecule has 8 heteroatoms. The second-order valence-electron chi connectivity index (χ2n) is 6.49. The number of furan rings is 1. The lowest BCUT2D eigenvalue weighted by Gasteiger charge is -2.22. The molecule has 2 atom stereocenters. The van der Waals surface area contributed by atoms with Crippen LogP contribution in [0, 0.1) is 0 Å². The lowest BCUT2D eigenvalue weighted by molar-refractivity contribution is -0.886. The van der Waals surface area contributed by atoms with Crippen LogP contribution in [0.3, 0.4) is 0 Å². The predicted molar refractivity (Wildman–Crippen MR) is 91.5 cm³/mol. The summed E-state index contributed by atoms with van der Waals surface area (Å²) >= 11 is 0. The van der Waals surface area contributed by atoms with Crippen LogP contribution in [0.15, 0.2) is 53.1 Å². The molecule has 0 spiro atoms. The van der Waals surface area contributed by atoms with Crippen LogP contribution in [0.1, 0.15) is 18.2 Å². The zero-order valence-electron chi connectivity index (χ0n) is 14.6. The number of urea groups is 1. The lowest BCUT2D eigenvalue weighted by Crippen LogP contribution is -3.09. The zero-order valence-corrected chi connectivity index (χ0v) is 14.6. The Bertz CT molecular complexity index is 806. The van der Waals surface area contributed by atoms with Crippen LogP contribution >= 0.6 is 0 Å². The van der Waals surface area contributed by atoms with Gasteiger partial charge in [-0.2, -0.15) is 5.01 Å². The highest BCUT2D eigenvalue weighted by molar-refractivity contribution is 6.08. The first kappa shape index (κ1) is 17.7. The minimum Gasteiger partial charge on any atom is -0.463 e. The highest BCUT2D eigenvalue weighted by Gasteiger charge is 2.50. The maximum Gasteiger partial charge on any atom is 0.344 e. The van der Waals surface area contributed by atoms with E-state index in [-0.39, 0.29) is 6.54 Å². The van der Waals surface area contributed by atoms with Gasteiger partial charge in [0.25, 0.3) is 11.8 Å². The Kier molecular flexibility index (Phi) is 4.77. The van der Waals surface area contributed by atoms with Gasteiger partial charge in [-0.1, -0.05) is 30.3 Å². The van der Waals surface area contributed by atoms with Crippen LogP contribution in [-0.4, -0.2) is 36.4 Å². The molecule has 1 saturated heterocycles. The Hall–Kier alpha value is -3.13. The van der Waals surface area contributed by atoms with Gasteiger partial charge in [0.1, 0.15) is 12.1 Å². The SMILES string of the molecule is C[NH+](CC(=O)NN1C(=O)N[C@@](C)(c2ccccc2)C1=O)Cc1ccco1. The van der Waals surface area contributed by atoms with Crippen molar-refractivity contribution in [2.45, 2.75) is 19.0 Å². The van der Waals surface area contributed by atoms with Crippen molar-refractivity contribution in [1.82, 2.24) is 15.8 Å². The number of carbonyl (C=O) groups is 3. The van der Waals surface area contributed by atoms with Gasteiger partial charge in [0.05, 0.1) is 13.3 Å². The van der Waals surface area contributed by atoms with E-state index in [1.807, 2.05) is 19.2 Å². The van der Waals surface area contributed by atoms with Gasteiger partial charge in [-0.15, -0.1) is 0 Å². The van der Waals surface area contributed by atoms with E-state index in [1.54, 1.807) is 43.5 Å². The summed E-state index contributed by atoms with van der Waals surface area (Å²) in [7, 11) is 1.82. The molecular weight excluding hydrogens is 336 g/mol. The molecule has 1 unspecified atom stereocenters. The van der Waals surface area contributed by atoms with E-state index in [9.17, 15) is 14.4 Å². The van der Waals surface area contributed by atoms with Gasteiger partial charge in [0.15, 0.2) is 12.3 Å². The molecular formula is C18H21N4O4+. The number of nitrogens with one attached hydrogen (secondary N) is 3. The molecule has 2 heterocycles. The van der Waals surface area contributed by atoms with E-state index in [2.05, 4.69) is 10.7 Å². The summed E-state index contributed by atoms with van der Waals surface area (Å²) < 4.78 is 5.25. The monoisotopic (exact) mass is 357 g/mol. The number of amides is 4. The van der Waals surface area contributed by atoms with E-state index in [0.717, 1.165) is 15.7 Å². The Morgan fingerprint density at radius 1 is 1.23 bits per heavy atom. The van der Waals surface area contributed by atoms with Gasteiger partial charge in [-0.25, -0.2) is 4.79 Å². The van der Waals surface area contributed by atoms with Crippen molar-refractivity contribution in [2.75, 3.05) is 13.6 Å². The topological polar surface area (TPSA) is 96.1 Å². The third-order valence-corrected chi connectivity index (χ3v) is 4.30. The van der Waals surface area contributed by atoms with Gasteiger partial charge in [-0.3, -0.25) is 15.0 Å². The summed E-state index contributed by atoms with van der Waals surface area (Å²) in [6, 6.07) is 11.9. The smallest absolute Gasteiger partial charge is 0.344 e. The number of imide groups is 1. The number of hydrazine groups is 1. The lowest BCUT2D eigenvalue weighted by atomic mass is 9.92. The fourth-order valence-corrected chi connectivity index (χ4v) is 2.92. The number of likely N-dealkylation sites (N-methyl/N-ethyl adjacent to an activating group) is 1. The quantitative estimate of drug-likeness (QED) is 0.624. The number of benzene rings is 1. The molecule has 0 aliphatic carbocycles. The zero-order chi connectivity index (χ0) is 18.7. The van der Waals surface area contributed by atoms with Crippen molar-refractivity contribution in [3.63, 3.8) is 0 Å². The summed E-state index contributed by atoms with van der Waals surface area (Å²) in [5.74, 6) is -0.206. The summed E-state index contributed by atoms with van der Waals surface area (Å²) in [6.45, 7) is 2.21. The maximum absolute atomic E-state index is 12.7. The number of nitrogens with zero attached hydrogens (tertiary/aromatic N) is 1. The summed E-state index contributed by atoms with van der Waals surface area (Å²) in [5, 5.41) is 3.39. The Morgan fingerprint density at radius 3 is 2.62 bits per heavy atom. The molecule has 1 aromatic carbocycles. The van der Waals surface area contributed by atoms with E-state index in [4.69, 9.17) is 4.42 Å². The van der Waals surface area contributed by atoms with E-state index in [0.29, 0.717) is 12.1 Å². The van der Waals surface area contributed by atoms with Gasteiger partial charge in [0.2, 0.25) is 0 Å². The maximum atomic E-state index is 12.7. The van der Waals surface area contributed by atoms with Crippen LogP contribution in [0.25, 0.3) is 0 Å². The molecule has 8 nitrogen and oxygen atoms in total. The first-order valence-electron chi connectivity index (χ1n) is 8.25. The first-order chi connectivity index (χ1) is 12.4. The third-order valence-electron chi connectivity index (χ3n) is 4.30. The van der Waals surface area contributed by atoms with Crippen LogP contribution < -0.4 is 15.6 Å². The van der Waals surface area contributed by atoms with Gasteiger partial charge in [0, 0.05) is 0 Å². The van der Waals surface area contributed by atoms with Crippen molar-refractivity contribution >= 4 is 17.8 Å². The van der Waals surface area contributed by atoms with Crippen molar-refractivity contribution in [2.24, 2.45) is 0 Å². The largest absolute Gasteiger partial charge is 0.463 e. The molecule has 0 saturated carbocycles. The predicted octanol–water partition coefficient (Wildman–Crippen LogP) is -0.207. The molecule has 2 aromatic rings. The molecule has 26 heavy (non-hydrogen) atoms. The molecule has 1 fully saturated rings. The Labute approximate surface area is 150 Å². The average molecular weight is 357 g/mol. The standard InChI is InChI=1S/C18H20N4O4/c1-18(13-7-4-3-5-8-13)16(24)22(17(25)19-18)20-15(23)12-21(2)11-14-9-6-10-26-14/h3-10H,11-12H2,1-2H3,(H,19,25)(H,20,23)/p+1/t18-/m0/s1. The second kappa shape index (κ2) is 7.01. The highest BCUT2D eigenvalue weighted by atomic mass is 16.3. The van der Waals surface area contributed by atoms with Crippen molar-refractivity contribution < 1.29 is 23.7 Å². The molecule has 1 aliphatic heterocycles.